The van der Waals surface area contributed by atoms with E-state index in [1.54, 1.807) is 24.3 Å². The van der Waals surface area contributed by atoms with E-state index in [2.05, 4.69) is 5.32 Å². The van der Waals surface area contributed by atoms with Crippen LogP contribution < -0.4 is 5.32 Å². The molecular formula is C17H16ClNO5S2. The number of benzene rings is 2. The molecular weight excluding hydrogens is 398 g/mol. The number of nitrogens with one attached hydrogen (secondary N) is 1. The number of sulfone groups is 2. The Kier molecular flexibility index (Phi) is 5.09. The third-order valence-electron chi connectivity index (χ3n) is 4.14. The highest BCUT2D eigenvalue weighted by Crippen LogP contribution is 2.26. The van der Waals surface area contributed by atoms with Gasteiger partial charge in [-0.25, -0.2) is 16.8 Å². The number of halogens is 1. The van der Waals surface area contributed by atoms with E-state index in [1.807, 2.05) is 0 Å². The predicted molar refractivity (Wildman–Crippen MR) is 100 cm³/mol. The molecule has 2 aromatic carbocycles. The van der Waals surface area contributed by atoms with E-state index in [-0.39, 0.29) is 28.4 Å². The lowest BCUT2D eigenvalue weighted by molar-refractivity contribution is 0.102. The minimum Gasteiger partial charge on any atom is -0.322 e. The first kappa shape index (κ1) is 18.9. The van der Waals surface area contributed by atoms with Crippen molar-refractivity contribution in [1.82, 2.24) is 0 Å². The van der Waals surface area contributed by atoms with Crippen LogP contribution in [0.1, 0.15) is 16.8 Å². The maximum absolute atomic E-state index is 12.7. The Morgan fingerprint density at radius 3 is 2.50 bits per heavy atom. The topological polar surface area (TPSA) is 97.4 Å². The van der Waals surface area contributed by atoms with Gasteiger partial charge in [-0.15, -0.1) is 0 Å². The molecule has 0 aliphatic carbocycles. The smallest absolute Gasteiger partial charge is 0.255 e. The quantitative estimate of drug-likeness (QED) is 0.830. The molecule has 6 nitrogen and oxygen atoms in total. The Bertz CT molecular complexity index is 1060. The standard InChI is InChI=1S/C17H16ClNO5S2/c18-13-4-2-5-14(10-13)19-17(20)12-3-1-6-15(9-12)26(23,24)16-7-8-25(21,22)11-16/h1-6,9-10,16H,7-8,11H2,(H,19,20)/t16-/m1/s1. The molecule has 1 saturated heterocycles. The molecule has 1 N–H and O–H groups in total. The van der Waals surface area contributed by atoms with Gasteiger partial charge in [0.15, 0.2) is 19.7 Å². The number of hydrogen-bond donors (Lipinski definition) is 1. The zero-order valence-corrected chi connectivity index (χ0v) is 15.9. The van der Waals surface area contributed by atoms with Crippen LogP contribution in [0.3, 0.4) is 0 Å². The van der Waals surface area contributed by atoms with E-state index < -0.39 is 30.8 Å². The molecule has 1 aliphatic heterocycles. The Labute approximate surface area is 157 Å². The first-order valence-electron chi connectivity index (χ1n) is 7.79. The highest BCUT2D eigenvalue weighted by atomic mass is 35.5. The van der Waals surface area contributed by atoms with Gasteiger partial charge >= 0.3 is 0 Å². The maximum atomic E-state index is 12.7. The Morgan fingerprint density at radius 2 is 1.85 bits per heavy atom. The normalized spacial score (nSPS) is 19.2. The molecule has 1 fully saturated rings. The van der Waals surface area contributed by atoms with E-state index in [0.717, 1.165) is 0 Å². The molecule has 0 aromatic heterocycles. The molecule has 1 aliphatic rings. The zero-order valence-electron chi connectivity index (χ0n) is 13.6. The molecule has 0 spiro atoms. The van der Waals surface area contributed by atoms with Gasteiger partial charge < -0.3 is 5.32 Å². The number of anilines is 1. The summed E-state index contributed by atoms with van der Waals surface area (Å²) in [5, 5.41) is 2.13. The van der Waals surface area contributed by atoms with Crippen molar-refractivity contribution in [2.75, 3.05) is 16.8 Å². The van der Waals surface area contributed by atoms with Crippen molar-refractivity contribution in [1.29, 1.82) is 0 Å². The summed E-state index contributed by atoms with van der Waals surface area (Å²) >= 11 is 5.88. The van der Waals surface area contributed by atoms with Gasteiger partial charge in [-0.05, 0) is 42.8 Å². The summed E-state index contributed by atoms with van der Waals surface area (Å²) in [7, 11) is -7.15. The highest BCUT2D eigenvalue weighted by molar-refractivity contribution is 7.96. The number of carbonyl (C=O) groups excluding carboxylic acids is 1. The first-order chi connectivity index (χ1) is 12.2. The van der Waals surface area contributed by atoms with Crippen LogP contribution in [-0.2, 0) is 19.7 Å². The first-order valence-corrected chi connectivity index (χ1v) is 11.5. The van der Waals surface area contributed by atoms with E-state index in [4.69, 9.17) is 11.6 Å². The number of hydrogen-bond acceptors (Lipinski definition) is 5. The summed E-state index contributed by atoms with van der Waals surface area (Å²) in [6.07, 6.45) is 0.0730. The third-order valence-corrected chi connectivity index (χ3v) is 8.54. The van der Waals surface area contributed by atoms with Gasteiger partial charge in [0.05, 0.1) is 21.7 Å². The molecule has 0 radical (unpaired) electrons. The molecule has 0 saturated carbocycles. The van der Waals surface area contributed by atoms with Crippen LogP contribution in [0.4, 0.5) is 5.69 Å². The fraction of sp³-hybridized carbons (Fsp3) is 0.235. The van der Waals surface area contributed by atoms with Crippen LogP contribution >= 0.6 is 11.6 Å². The van der Waals surface area contributed by atoms with Gasteiger partial charge in [0.25, 0.3) is 5.91 Å². The molecule has 2 aromatic rings. The van der Waals surface area contributed by atoms with Gasteiger partial charge in [-0.1, -0.05) is 23.7 Å². The molecule has 0 bridgehead atoms. The van der Waals surface area contributed by atoms with Gasteiger partial charge in [-0.3, -0.25) is 4.79 Å². The van der Waals surface area contributed by atoms with E-state index in [0.29, 0.717) is 10.7 Å². The number of rotatable bonds is 4. The molecule has 1 heterocycles. The van der Waals surface area contributed by atoms with E-state index in [9.17, 15) is 21.6 Å². The summed E-state index contributed by atoms with van der Waals surface area (Å²) in [6, 6.07) is 12.2. The molecule has 1 atom stereocenters. The van der Waals surface area contributed by atoms with Crippen molar-refractivity contribution in [2.45, 2.75) is 16.6 Å². The van der Waals surface area contributed by atoms with Gasteiger partial charge in [-0.2, -0.15) is 0 Å². The Hall–Kier alpha value is -1.90. The van der Waals surface area contributed by atoms with Crippen molar-refractivity contribution in [2.24, 2.45) is 0 Å². The largest absolute Gasteiger partial charge is 0.322 e. The summed E-state index contributed by atoms with van der Waals surface area (Å²) in [5.41, 5.74) is 0.643. The summed E-state index contributed by atoms with van der Waals surface area (Å²) < 4.78 is 48.5. The fourth-order valence-corrected chi connectivity index (χ4v) is 7.38. The molecule has 1 amide bonds. The maximum Gasteiger partial charge on any atom is 0.255 e. The monoisotopic (exact) mass is 413 g/mol. The van der Waals surface area contributed by atoms with Crippen LogP contribution in [0.5, 0.6) is 0 Å². The molecule has 0 unspecified atom stereocenters. The average molecular weight is 414 g/mol. The second-order valence-electron chi connectivity index (χ2n) is 6.06. The molecule has 26 heavy (non-hydrogen) atoms. The van der Waals surface area contributed by atoms with E-state index in [1.165, 1.54) is 24.3 Å². The second kappa shape index (κ2) is 7.02. The minimum absolute atomic E-state index is 0.0571. The second-order valence-corrected chi connectivity index (χ2v) is 11.0. The Balaban J connectivity index is 1.85. The van der Waals surface area contributed by atoms with Crippen LogP contribution in [0.2, 0.25) is 5.02 Å². The van der Waals surface area contributed by atoms with Crippen molar-refractivity contribution in [3.8, 4) is 0 Å². The SMILES string of the molecule is O=C(Nc1cccc(Cl)c1)c1cccc(S(=O)(=O)[C@@H]2CCS(=O)(=O)C2)c1. The van der Waals surface area contributed by atoms with Crippen LogP contribution in [0, 0.1) is 0 Å². The van der Waals surface area contributed by atoms with E-state index >= 15 is 0 Å². The minimum atomic E-state index is -3.83. The van der Waals surface area contributed by atoms with Crippen LogP contribution in [0.25, 0.3) is 0 Å². The summed E-state index contributed by atoms with van der Waals surface area (Å²) in [4.78, 5) is 12.3. The molecule has 138 valence electrons. The van der Waals surface area contributed by atoms with Crippen molar-refractivity contribution in [3.05, 3.63) is 59.1 Å². The highest BCUT2D eigenvalue weighted by Gasteiger charge is 2.38. The lowest BCUT2D eigenvalue weighted by Gasteiger charge is -2.11. The summed E-state index contributed by atoms with van der Waals surface area (Å²) in [5.74, 6) is -0.997. The van der Waals surface area contributed by atoms with Crippen molar-refractivity contribution in [3.63, 3.8) is 0 Å². The third kappa shape index (κ3) is 4.08. The number of amides is 1. The Morgan fingerprint density at radius 1 is 1.12 bits per heavy atom. The zero-order chi connectivity index (χ0) is 18.9. The van der Waals surface area contributed by atoms with Gasteiger partial charge in [0.2, 0.25) is 0 Å². The van der Waals surface area contributed by atoms with Gasteiger partial charge in [0.1, 0.15) is 0 Å². The van der Waals surface area contributed by atoms with Gasteiger partial charge in [0, 0.05) is 16.3 Å². The van der Waals surface area contributed by atoms with Crippen LogP contribution in [0.15, 0.2) is 53.4 Å². The fourth-order valence-electron chi connectivity index (χ4n) is 2.78. The predicted octanol–water partition coefficient (Wildman–Crippen LogP) is 2.55. The number of carbonyl (C=O) groups is 1. The molecule has 9 heteroatoms. The van der Waals surface area contributed by atoms with Crippen molar-refractivity contribution >= 4 is 42.9 Å². The lowest BCUT2D eigenvalue weighted by atomic mass is 10.2. The average Bonchev–Trinajstić information content (AvgIpc) is 2.96. The van der Waals surface area contributed by atoms with Crippen LogP contribution in [-0.4, -0.2) is 39.5 Å². The summed E-state index contributed by atoms with van der Waals surface area (Å²) in [6.45, 7) is 0. The molecule has 3 rings (SSSR count). The lowest BCUT2D eigenvalue weighted by Crippen LogP contribution is -2.23. The van der Waals surface area contributed by atoms with Crippen molar-refractivity contribution < 1.29 is 21.6 Å².